The first-order valence-corrected chi connectivity index (χ1v) is 10.4. The van der Waals surface area contributed by atoms with Gasteiger partial charge in [-0.1, -0.05) is 37.3 Å². The van der Waals surface area contributed by atoms with E-state index in [-0.39, 0.29) is 12.6 Å². The van der Waals surface area contributed by atoms with E-state index in [2.05, 4.69) is 11.6 Å². The average molecular weight is 382 g/mol. The van der Waals surface area contributed by atoms with Gasteiger partial charge in [0, 0.05) is 12.6 Å². The Morgan fingerprint density at radius 3 is 2.35 bits per heavy atom. The molecule has 0 saturated heterocycles. The molecule has 144 valence electrons. The number of rotatable bonds is 8. The number of carbonyl (C=O) groups is 2. The largest absolute Gasteiger partial charge is 0.480 e. The minimum atomic E-state index is -3.81. The summed E-state index contributed by atoms with van der Waals surface area (Å²) in [5, 5.41) is 9.04. The number of hydrogen-bond donors (Lipinski definition) is 2. The maximum atomic E-state index is 12.4. The predicted octanol–water partition coefficient (Wildman–Crippen LogP) is 1.60. The number of carboxylic acids is 1. The summed E-state index contributed by atoms with van der Waals surface area (Å²) in [4.78, 5) is 24.5. The third-order valence-corrected chi connectivity index (χ3v) is 5.89. The van der Waals surface area contributed by atoms with E-state index in [0.29, 0.717) is 5.92 Å². The fourth-order valence-corrected chi connectivity index (χ4v) is 4.46. The SMILES string of the molecule is CC1CCC(NS(=O)(=O)CC(=O)N(CC(=O)O)Cc2ccccc2)CC1. The summed E-state index contributed by atoms with van der Waals surface area (Å²) in [7, 11) is -3.81. The van der Waals surface area contributed by atoms with Crippen molar-refractivity contribution in [3.05, 3.63) is 35.9 Å². The molecule has 26 heavy (non-hydrogen) atoms. The lowest BCUT2D eigenvalue weighted by atomic mass is 9.88. The number of sulfonamides is 1. The molecule has 2 rings (SSSR count). The lowest BCUT2D eigenvalue weighted by Gasteiger charge is -2.27. The van der Waals surface area contributed by atoms with Crippen LogP contribution in [0.15, 0.2) is 30.3 Å². The molecular weight excluding hydrogens is 356 g/mol. The van der Waals surface area contributed by atoms with Crippen molar-refractivity contribution in [1.29, 1.82) is 0 Å². The Hall–Kier alpha value is -1.93. The van der Waals surface area contributed by atoms with Crippen molar-refractivity contribution < 1.29 is 23.1 Å². The van der Waals surface area contributed by atoms with Crippen LogP contribution in [0.1, 0.15) is 38.2 Å². The van der Waals surface area contributed by atoms with Gasteiger partial charge in [-0.15, -0.1) is 0 Å². The first-order chi connectivity index (χ1) is 12.2. The van der Waals surface area contributed by atoms with Gasteiger partial charge in [0.15, 0.2) is 0 Å². The van der Waals surface area contributed by atoms with Crippen LogP contribution < -0.4 is 4.72 Å². The van der Waals surface area contributed by atoms with Crippen molar-refractivity contribution in [2.24, 2.45) is 5.92 Å². The van der Waals surface area contributed by atoms with Crippen molar-refractivity contribution in [2.45, 2.75) is 45.2 Å². The summed E-state index contributed by atoms with van der Waals surface area (Å²) in [5.74, 6) is -2.04. The van der Waals surface area contributed by atoms with Gasteiger partial charge in [-0.25, -0.2) is 13.1 Å². The summed E-state index contributed by atoms with van der Waals surface area (Å²) in [6.45, 7) is 1.66. The summed E-state index contributed by atoms with van der Waals surface area (Å²) in [6, 6.07) is 8.75. The number of carbonyl (C=O) groups excluding carboxylic acids is 1. The van der Waals surface area contributed by atoms with Gasteiger partial charge in [-0.2, -0.15) is 0 Å². The van der Waals surface area contributed by atoms with E-state index in [9.17, 15) is 18.0 Å². The maximum Gasteiger partial charge on any atom is 0.323 e. The van der Waals surface area contributed by atoms with Gasteiger partial charge in [0.05, 0.1) is 0 Å². The second-order valence-corrected chi connectivity index (χ2v) is 8.72. The lowest BCUT2D eigenvalue weighted by molar-refractivity contribution is -0.143. The van der Waals surface area contributed by atoms with E-state index in [0.717, 1.165) is 36.1 Å². The number of amides is 1. The predicted molar refractivity (Wildman–Crippen MR) is 97.8 cm³/mol. The number of nitrogens with zero attached hydrogens (tertiary/aromatic N) is 1. The van der Waals surface area contributed by atoms with Gasteiger partial charge in [0.25, 0.3) is 0 Å². The Morgan fingerprint density at radius 2 is 1.77 bits per heavy atom. The highest BCUT2D eigenvalue weighted by molar-refractivity contribution is 7.90. The van der Waals surface area contributed by atoms with E-state index < -0.39 is 34.2 Å². The molecule has 1 saturated carbocycles. The molecule has 1 aromatic carbocycles. The van der Waals surface area contributed by atoms with Gasteiger partial charge < -0.3 is 10.0 Å². The molecule has 1 fully saturated rings. The van der Waals surface area contributed by atoms with Crippen LogP contribution in [0.3, 0.4) is 0 Å². The van der Waals surface area contributed by atoms with Crippen molar-refractivity contribution in [2.75, 3.05) is 12.3 Å². The van der Waals surface area contributed by atoms with Crippen LogP contribution in [0.5, 0.6) is 0 Å². The van der Waals surface area contributed by atoms with Gasteiger partial charge in [0.2, 0.25) is 15.9 Å². The van der Waals surface area contributed by atoms with Crippen LogP contribution in [0, 0.1) is 5.92 Å². The van der Waals surface area contributed by atoms with Crippen LogP contribution in [-0.2, 0) is 26.2 Å². The molecule has 0 unspecified atom stereocenters. The summed E-state index contributed by atoms with van der Waals surface area (Å²) in [6.07, 6.45) is 3.44. The second-order valence-electron chi connectivity index (χ2n) is 6.96. The van der Waals surface area contributed by atoms with Crippen molar-refractivity contribution in [3.63, 3.8) is 0 Å². The van der Waals surface area contributed by atoms with Crippen LogP contribution in [0.2, 0.25) is 0 Å². The Labute approximate surface area is 154 Å². The first-order valence-electron chi connectivity index (χ1n) is 8.78. The molecule has 0 heterocycles. The topological polar surface area (TPSA) is 104 Å². The quantitative estimate of drug-likeness (QED) is 0.711. The smallest absolute Gasteiger partial charge is 0.323 e. The molecule has 8 heteroatoms. The van der Waals surface area contributed by atoms with Crippen molar-refractivity contribution >= 4 is 21.9 Å². The summed E-state index contributed by atoms with van der Waals surface area (Å²) < 4.78 is 27.3. The monoisotopic (exact) mass is 382 g/mol. The molecule has 0 bridgehead atoms. The molecule has 7 nitrogen and oxygen atoms in total. The van der Waals surface area contributed by atoms with Gasteiger partial charge in [-0.05, 0) is 37.2 Å². The second kappa shape index (κ2) is 9.14. The van der Waals surface area contributed by atoms with E-state index in [1.807, 2.05) is 6.07 Å². The minimum Gasteiger partial charge on any atom is -0.480 e. The Morgan fingerprint density at radius 1 is 1.15 bits per heavy atom. The molecule has 2 N–H and O–H groups in total. The van der Waals surface area contributed by atoms with Gasteiger partial charge >= 0.3 is 5.97 Å². The number of carboxylic acid groups (broad SMARTS) is 1. The standard InChI is InChI=1S/C18H26N2O5S/c1-14-7-9-16(10-8-14)19-26(24,25)13-17(21)20(12-18(22)23)11-15-5-3-2-4-6-15/h2-6,14,16,19H,7-13H2,1H3,(H,22,23). The molecule has 0 aliphatic heterocycles. The van der Waals surface area contributed by atoms with Gasteiger partial charge in [-0.3, -0.25) is 9.59 Å². The Bertz CT molecular complexity index is 712. The number of nitrogens with one attached hydrogen (secondary N) is 1. The number of aliphatic carboxylic acids is 1. The lowest BCUT2D eigenvalue weighted by Crippen LogP contribution is -2.44. The molecule has 1 amide bonds. The molecular formula is C18H26N2O5S. The fraction of sp³-hybridized carbons (Fsp3) is 0.556. The van der Waals surface area contributed by atoms with E-state index in [4.69, 9.17) is 5.11 Å². The Kier molecular flexibility index (Phi) is 7.16. The van der Waals surface area contributed by atoms with Crippen LogP contribution >= 0.6 is 0 Å². The van der Waals surface area contributed by atoms with Crippen molar-refractivity contribution in [1.82, 2.24) is 9.62 Å². The number of hydrogen-bond acceptors (Lipinski definition) is 4. The molecule has 1 aliphatic rings. The van der Waals surface area contributed by atoms with E-state index in [1.165, 1.54) is 0 Å². The third-order valence-electron chi connectivity index (χ3n) is 4.57. The third kappa shape index (κ3) is 6.76. The number of benzene rings is 1. The molecule has 0 spiro atoms. The summed E-state index contributed by atoms with van der Waals surface area (Å²) in [5.41, 5.74) is 0.744. The molecule has 1 aromatic rings. The molecule has 0 radical (unpaired) electrons. The maximum absolute atomic E-state index is 12.4. The summed E-state index contributed by atoms with van der Waals surface area (Å²) >= 11 is 0. The highest BCUT2D eigenvalue weighted by Gasteiger charge is 2.27. The minimum absolute atomic E-state index is 0.0580. The fourth-order valence-electron chi connectivity index (χ4n) is 3.13. The molecule has 1 aliphatic carbocycles. The van der Waals surface area contributed by atoms with Crippen molar-refractivity contribution in [3.8, 4) is 0 Å². The van der Waals surface area contributed by atoms with Crippen LogP contribution in [0.25, 0.3) is 0 Å². The zero-order valence-corrected chi connectivity index (χ0v) is 15.7. The molecule has 0 atom stereocenters. The van der Waals surface area contributed by atoms with E-state index >= 15 is 0 Å². The normalized spacial score (nSPS) is 20.5. The highest BCUT2D eigenvalue weighted by Crippen LogP contribution is 2.23. The van der Waals surface area contributed by atoms with Gasteiger partial charge in [0.1, 0.15) is 12.3 Å². The zero-order valence-electron chi connectivity index (χ0n) is 14.9. The molecule has 0 aromatic heterocycles. The highest BCUT2D eigenvalue weighted by atomic mass is 32.2. The van der Waals surface area contributed by atoms with Crippen LogP contribution in [0.4, 0.5) is 0 Å². The average Bonchev–Trinajstić information content (AvgIpc) is 2.56. The first kappa shape index (κ1) is 20.4. The Balaban J connectivity index is 1.99. The van der Waals surface area contributed by atoms with Crippen LogP contribution in [-0.4, -0.2) is 48.6 Å². The van der Waals surface area contributed by atoms with E-state index in [1.54, 1.807) is 24.3 Å². The zero-order chi connectivity index (χ0) is 19.2.